The highest BCUT2D eigenvalue weighted by molar-refractivity contribution is 6.74. The van der Waals surface area contributed by atoms with Crippen molar-refractivity contribution in [1.82, 2.24) is 0 Å². The summed E-state index contributed by atoms with van der Waals surface area (Å²) in [6.07, 6.45) is 5.01. The van der Waals surface area contributed by atoms with E-state index in [0.717, 1.165) is 26.1 Å². The molecule has 0 bridgehead atoms. The molecule has 0 amide bonds. The van der Waals surface area contributed by atoms with Crippen molar-refractivity contribution in [3.63, 3.8) is 0 Å². The molecule has 0 aliphatic heterocycles. The predicted octanol–water partition coefficient (Wildman–Crippen LogP) is 10.5. The quantitative estimate of drug-likeness (QED) is 0.179. The summed E-state index contributed by atoms with van der Waals surface area (Å²) in [5, 5.41) is 0.291. The zero-order valence-electron chi connectivity index (χ0n) is 28.0. The summed E-state index contributed by atoms with van der Waals surface area (Å²) >= 11 is 0. The molecular formula is C30H68O4Si2. The number of hydrogen-bond acceptors (Lipinski definition) is 4. The summed E-state index contributed by atoms with van der Waals surface area (Å²) < 4.78 is 25.7. The molecule has 0 saturated carbocycles. The summed E-state index contributed by atoms with van der Waals surface area (Å²) in [4.78, 5) is 0. The molecule has 6 heteroatoms. The van der Waals surface area contributed by atoms with Crippen LogP contribution in [0, 0.1) is 0 Å². The second kappa shape index (κ2) is 15.2. The van der Waals surface area contributed by atoms with Gasteiger partial charge in [0, 0.05) is 45.6 Å². The Morgan fingerprint density at radius 2 is 0.722 bits per heavy atom. The van der Waals surface area contributed by atoms with E-state index < -0.39 is 17.1 Å². The van der Waals surface area contributed by atoms with Crippen molar-refractivity contribution in [3.8, 4) is 0 Å². The van der Waals surface area contributed by atoms with Crippen LogP contribution < -0.4 is 0 Å². The van der Waals surface area contributed by atoms with Crippen LogP contribution in [0.5, 0.6) is 0 Å². The Labute approximate surface area is 230 Å². The normalized spacial score (nSPS) is 14.3. The molecule has 0 atom stereocenters. The smallest absolute Gasteiger partial charge is 0.349 e. The van der Waals surface area contributed by atoms with Gasteiger partial charge in [-0.05, 0) is 40.5 Å². The van der Waals surface area contributed by atoms with Crippen LogP contribution in [-0.2, 0) is 17.7 Å². The highest BCUT2D eigenvalue weighted by Gasteiger charge is 2.59. The van der Waals surface area contributed by atoms with Gasteiger partial charge in [-0.15, -0.1) is 0 Å². The first-order chi connectivity index (χ1) is 16.0. The fraction of sp³-hybridized carbons (Fsp3) is 1.00. The minimum Gasteiger partial charge on any atom is -0.394 e. The Bertz CT molecular complexity index is 524. The molecule has 0 aromatic carbocycles. The lowest BCUT2D eigenvalue weighted by atomic mass is 10.2. The summed E-state index contributed by atoms with van der Waals surface area (Å²) in [5.74, 6) is 0. The summed E-state index contributed by atoms with van der Waals surface area (Å²) in [7, 11) is -4.60. The van der Waals surface area contributed by atoms with Crippen molar-refractivity contribution in [2.75, 3.05) is 13.2 Å². The van der Waals surface area contributed by atoms with Crippen LogP contribution >= 0.6 is 0 Å². The first-order valence-electron chi connectivity index (χ1n) is 14.6. The van der Waals surface area contributed by atoms with E-state index in [0.29, 0.717) is 0 Å². The molecule has 0 aliphatic rings. The Morgan fingerprint density at radius 1 is 0.472 bits per heavy atom. The van der Waals surface area contributed by atoms with E-state index in [2.05, 4.69) is 125 Å². The zero-order chi connectivity index (χ0) is 29.2. The molecule has 36 heavy (non-hydrogen) atoms. The van der Waals surface area contributed by atoms with Crippen molar-refractivity contribution >= 4 is 17.1 Å². The number of hydrogen-bond donors (Lipinski definition) is 0. The van der Waals surface area contributed by atoms with Gasteiger partial charge in [0.1, 0.15) is 0 Å². The maximum Gasteiger partial charge on any atom is 0.349 e. The van der Waals surface area contributed by atoms with Crippen LogP contribution in [0.4, 0.5) is 0 Å². The standard InChI is InChI=1S/C16H36O2Si.C14H32O2Si/c1-9-11-13-17-19(15(3,4)5,16(6,7)8)18-14-12-10-2;1-11(2)15-17(13(5,6)7,14(8,9)10)16-12(3)4/h9-14H2,1-8H3;11-12H,1-10H3. The van der Waals surface area contributed by atoms with Crippen LogP contribution in [-0.4, -0.2) is 42.5 Å². The molecule has 0 N–H and O–H groups in total. The second-order valence-corrected chi connectivity index (χ2v) is 24.5. The van der Waals surface area contributed by atoms with Gasteiger partial charge in [-0.3, -0.25) is 0 Å². The Morgan fingerprint density at radius 3 is 0.889 bits per heavy atom. The van der Waals surface area contributed by atoms with Gasteiger partial charge in [-0.2, -0.15) is 0 Å². The van der Waals surface area contributed by atoms with Crippen LogP contribution in [0.15, 0.2) is 0 Å². The lowest BCUT2D eigenvalue weighted by molar-refractivity contribution is 0.0713. The molecule has 0 aliphatic carbocycles. The maximum atomic E-state index is 6.46. The molecule has 0 heterocycles. The average molecular weight is 549 g/mol. The van der Waals surface area contributed by atoms with Gasteiger partial charge in [-0.25, -0.2) is 0 Å². The van der Waals surface area contributed by atoms with Crippen LogP contribution in [0.25, 0.3) is 0 Å². The topological polar surface area (TPSA) is 36.9 Å². The molecule has 0 unspecified atom stereocenters. The molecule has 0 aromatic rings. The minimum atomic E-state index is -2.32. The van der Waals surface area contributed by atoms with E-state index in [1.165, 1.54) is 12.8 Å². The molecule has 0 aromatic heterocycles. The van der Waals surface area contributed by atoms with Gasteiger partial charge in [-0.1, -0.05) is 110 Å². The molecular weight excluding hydrogens is 480 g/mol. The van der Waals surface area contributed by atoms with Crippen molar-refractivity contribution in [2.45, 2.75) is 183 Å². The van der Waals surface area contributed by atoms with E-state index >= 15 is 0 Å². The van der Waals surface area contributed by atoms with Crippen molar-refractivity contribution in [2.24, 2.45) is 0 Å². The Hall–Kier alpha value is 0.274. The van der Waals surface area contributed by atoms with Crippen molar-refractivity contribution < 1.29 is 17.7 Å². The van der Waals surface area contributed by atoms with Crippen LogP contribution in [0.3, 0.4) is 0 Å². The zero-order valence-corrected chi connectivity index (χ0v) is 30.0. The number of unbranched alkanes of at least 4 members (excludes halogenated alkanes) is 2. The third-order valence-electron chi connectivity index (χ3n) is 6.36. The molecule has 0 radical (unpaired) electrons. The first kappa shape index (κ1) is 38.4. The summed E-state index contributed by atoms with van der Waals surface area (Å²) in [6, 6.07) is 0. The van der Waals surface area contributed by atoms with Gasteiger partial charge in [0.05, 0.1) is 0 Å². The van der Waals surface area contributed by atoms with Crippen molar-refractivity contribution in [3.05, 3.63) is 0 Å². The molecule has 0 saturated heterocycles. The summed E-state index contributed by atoms with van der Waals surface area (Å²) in [6.45, 7) is 41.6. The Balaban J connectivity index is 0. The van der Waals surface area contributed by atoms with Gasteiger partial charge in [0.15, 0.2) is 0 Å². The predicted molar refractivity (Wildman–Crippen MR) is 165 cm³/mol. The van der Waals surface area contributed by atoms with Crippen molar-refractivity contribution in [1.29, 1.82) is 0 Å². The molecule has 220 valence electrons. The maximum absolute atomic E-state index is 6.46. The average Bonchev–Trinajstić information content (AvgIpc) is 2.62. The molecule has 0 rings (SSSR count). The highest BCUT2D eigenvalue weighted by atomic mass is 28.4. The molecule has 0 spiro atoms. The van der Waals surface area contributed by atoms with Gasteiger partial charge in [0.25, 0.3) is 0 Å². The Kier molecular flexibility index (Phi) is 16.2. The van der Waals surface area contributed by atoms with E-state index in [4.69, 9.17) is 17.7 Å². The molecule has 0 fully saturated rings. The van der Waals surface area contributed by atoms with Gasteiger partial charge < -0.3 is 17.7 Å². The minimum absolute atomic E-state index is 0.0553. The van der Waals surface area contributed by atoms with Gasteiger partial charge in [0.2, 0.25) is 0 Å². The fourth-order valence-electron chi connectivity index (χ4n) is 5.28. The summed E-state index contributed by atoms with van der Waals surface area (Å²) in [5.41, 5.74) is 0. The van der Waals surface area contributed by atoms with E-state index in [9.17, 15) is 0 Å². The number of rotatable bonds is 12. The highest BCUT2D eigenvalue weighted by Crippen LogP contribution is 2.53. The lowest BCUT2D eigenvalue weighted by Gasteiger charge is -2.50. The monoisotopic (exact) mass is 548 g/mol. The third-order valence-corrected chi connectivity index (χ3v) is 17.1. The van der Waals surface area contributed by atoms with E-state index in [-0.39, 0.29) is 32.4 Å². The van der Waals surface area contributed by atoms with Crippen LogP contribution in [0.2, 0.25) is 20.2 Å². The van der Waals surface area contributed by atoms with E-state index in [1.807, 2.05) is 0 Å². The lowest BCUT2D eigenvalue weighted by Crippen LogP contribution is -2.59. The second-order valence-electron chi connectivity index (χ2n) is 15.0. The SMILES string of the molecule is CC(C)O[Si](OC(C)C)(C(C)(C)C)C(C)(C)C.CCCCO[Si](OCCCC)(C(C)(C)C)C(C)(C)C. The van der Waals surface area contributed by atoms with Gasteiger partial charge >= 0.3 is 17.1 Å². The molecule has 4 nitrogen and oxygen atoms in total. The largest absolute Gasteiger partial charge is 0.394 e. The van der Waals surface area contributed by atoms with Crippen LogP contribution in [0.1, 0.15) is 150 Å². The first-order valence-corrected chi connectivity index (χ1v) is 18.2. The fourth-order valence-corrected chi connectivity index (χ4v) is 15.3. The van der Waals surface area contributed by atoms with E-state index in [1.54, 1.807) is 0 Å². The third kappa shape index (κ3) is 11.2.